The molecule has 0 fully saturated rings. The number of carbonyl (C=O) groups excluding carboxylic acids is 3. The number of hydrogen-bond acceptors (Lipinski definition) is 5. The van der Waals surface area contributed by atoms with Crippen molar-refractivity contribution in [3.05, 3.63) is 54.6 Å². The Morgan fingerprint density at radius 1 is 0.846 bits per heavy atom. The maximum atomic E-state index is 11.8. The molecule has 2 aromatic rings. The third-order valence-electron chi connectivity index (χ3n) is 3.33. The Morgan fingerprint density at radius 2 is 1.54 bits per heavy atom. The number of amides is 2. The minimum atomic E-state index is -0.617. The number of hydrogen-bond donors (Lipinski definition) is 2. The van der Waals surface area contributed by atoms with E-state index < -0.39 is 18.5 Å². The van der Waals surface area contributed by atoms with Gasteiger partial charge in [-0.3, -0.25) is 14.4 Å². The predicted molar refractivity (Wildman–Crippen MR) is 96.9 cm³/mol. The largest absolute Gasteiger partial charge is 0.497 e. The number of esters is 1. The normalized spacial score (nSPS) is 9.88. The number of anilines is 2. The van der Waals surface area contributed by atoms with Crippen LogP contribution in [0.4, 0.5) is 11.4 Å². The number of nitrogens with one attached hydrogen (secondary N) is 2. The van der Waals surface area contributed by atoms with Crippen molar-refractivity contribution in [1.82, 2.24) is 0 Å². The van der Waals surface area contributed by atoms with Crippen molar-refractivity contribution in [2.24, 2.45) is 0 Å². The second-order valence-electron chi connectivity index (χ2n) is 5.36. The second kappa shape index (κ2) is 9.83. The van der Waals surface area contributed by atoms with Crippen LogP contribution in [0.1, 0.15) is 12.8 Å². The number of carbonyl (C=O) groups is 3. The van der Waals surface area contributed by atoms with Gasteiger partial charge in [-0.15, -0.1) is 0 Å². The molecule has 2 aromatic carbocycles. The summed E-state index contributed by atoms with van der Waals surface area (Å²) in [5.74, 6) is -0.785. The minimum absolute atomic E-state index is 0.0226. The maximum absolute atomic E-state index is 11.8. The Kier molecular flexibility index (Phi) is 7.17. The summed E-state index contributed by atoms with van der Waals surface area (Å²) in [7, 11) is 1.52. The smallest absolute Gasteiger partial charge is 0.306 e. The minimum Gasteiger partial charge on any atom is -0.497 e. The van der Waals surface area contributed by atoms with Crippen LogP contribution in [0.15, 0.2) is 54.6 Å². The molecule has 26 heavy (non-hydrogen) atoms. The van der Waals surface area contributed by atoms with Crippen molar-refractivity contribution in [1.29, 1.82) is 0 Å². The summed E-state index contributed by atoms with van der Waals surface area (Å²) >= 11 is 0. The van der Waals surface area contributed by atoms with Crippen LogP contribution in [0, 0.1) is 0 Å². The first-order valence-corrected chi connectivity index (χ1v) is 8.01. The summed E-state index contributed by atoms with van der Waals surface area (Å²) in [5, 5.41) is 5.26. The summed E-state index contributed by atoms with van der Waals surface area (Å²) in [6.45, 7) is -0.420. The fraction of sp³-hybridized carbons (Fsp3) is 0.211. The Labute approximate surface area is 151 Å². The zero-order chi connectivity index (χ0) is 18.8. The summed E-state index contributed by atoms with van der Waals surface area (Å²) in [4.78, 5) is 35.2. The molecule has 2 N–H and O–H groups in total. The molecule has 0 aromatic heterocycles. The van der Waals surface area contributed by atoms with Gasteiger partial charge < -0.3 is 20.1 Å². The van der Waals surface area contributed by atoms with Crippen molar-refractivity contribution >= 4 is 29.2 Å². The van der Waals surface area contributed by atoms with Crippen LogP contribution < -0.4 is 15.4 Å². The molecule has 0 aliphatic carbocycles. The van der Waals surface area contributed by atoms with Crippen molar-refractivity contribution in [2.75, 3.05) is 24.4 Å². The monoisotopic (exact) mass is 356 g/mol. The lowest BCUT2D eigenvalue weighted by molar-refractivity contribution is -0.147. The number of methoxy groups -OCH3 is 1. The average molecular weight is 356 g/mol. The van der Waals surface area contributed by atoms with E-state index in [0.717, 1.165) is 0 Å². The summed E-state index contributed by atoms with van der Waals surface area (Å²) < 4.78 is 9.93. The molecule has 0 atom stereocenters. The Bertz CT molecular complexity index is 762. The van der Waals surface area contributed by atoms with Gasteiger partial charge in [-0.1, -0.05) is 24.3 Å². The first-order valence-electron chi connectivity index (χ1n) is 8.01. The number of benzene rings is 2. The molecular weight excluding hydrogens is 336 g/mol. The molecule has 0 aliphatic heterocycles. The highest BCUT2D eigenvalue weighted by Crippen LogP contribution is 2.16. The number of rotatable bonds is 8. The van der Waals surface area contributed by atoms with E-state index in [1.807, 2.05) is 6.07 Å². The third kappa shape index (κ3) is 6.64. The first-order chi connectivity index (χ1) is 12.6. The lowest BCUT2D eigenvalue weighted by atomic mass is 10.2. The molecule has 0 heterocycles. The fourth-order valence-corrected chi connectivity index (χ4v) is 2.08. The zero-order valence-corrected chi connectivity index (χ0v) is 14.4. The lowest BCUT2D eigenvalue weighted by Gasteiger charge is -2.08. The van der Waals surface area contributed by atoms with Crippen molar-refractivity contribution in [3.63, 3.8) is 0 Å². The average Bonchev–Trinajstić information content (AvgIpc) is 2.65. The SMILES string of the molecule is COc1cccc(NC(=O)COC(=O)CCC(=O)Nc2ccccc2)c1. The van der Waals surface area contributed by atoms with E-state index in [1.54, 1.807) is 48.5 Å². The van der Waals surface area contributed by atoms with E-state index >= 15 is 0 Å². The van der Waals surface area contributed by atoms with Gasteiger partial charge in [-0.25, -0.2) is 0 Å². The first kappa shape index (κ1) is 19.0. The Morgan fingerprint density at radius 3 is 2.27 bits per heavy atom. The van der Waals surface area contributed by atoms with Crippen molar-refractivity contribution in [3.8, 4) is 5.75 Å². The van der Waals surface area contributed by atoms with Gasteiger partial charge in [0.1, 0.15) is 5.75 Å². The van der Waals surface area contributed by atoms with Gasteiger partial charge in [0.15, 0.2) is 6.61 Å². The van der Waals surface area contributed by atoms with E-state index in [-0.39, 0.29) is 18.7 Å². The topological polar surface area (TPSA) is 93.7 Å². The highest BCUT2D eigenvalue weighted by atomic mass is 16.5. The van der Waals surface area contributed by atoms with Gasteiger partial charge in [0.2, 0.25) is 5.91 Å². The van der Waals surface area contributed by atoms with Gasteiger partial charge in [0.05, 0.1) is 13.5 Å². The Balaban J connectivity index is 1.67. The van der Waals surface area contributed by atoms with Gasteiger partial charge in [-0.05, 0) is 24.3 Å². The fourth-order valence-electron chi connectivity index (χ4n) is 2.08. The molecule has 0 radical (unpaired) electrons. The molecule has 0 bridgehead atoms. The molecule has 7 nitrogen and oxygen atoms in total. The third-order valence-corrected chi connectivity index (χ3v) is 3.33. The molecule has 0 aliphatic rings. The van der Waals surface area contributed by atoms with Gasteiger partial charge >= 0.3 is 5.97 Å². The molecule has 2 rings (SSSR count). The molecular formula is C19H20N2O5. The van der Waals surface area contributed by atoms with Crippen LogP contribution >= 0.6 is 0 Å². The summed E-state index contributed by atoms with van der Waals surface area (Å²) in [5.41, 5.74) is 1.19. The highest BCUT2D eigenvalue weighted by Gasteiger charge is 2.11. The maximum Gasteiger partial charge on any atom is 0.306 e. The van der Waals surface area contributed by atoms with Crippen LogP contribution in [-0.4, -0.2) is 31.5 Å². The standard InChI is InChI=1S/C19H20N2O5/c1-25-16-9-5-8-15(12-16)21-18(23)13-26-19(24)11-10-17(22)20-14-6-3-2-4-7-14/h2-9,12H,10-11,13H2,1H3,(H,20,22)(H,21,23). The molecule has 136 valence electrons. The molecule has 0 saturated carbocycles. The number of ether oxygens (including phenoxy) is 2. The van der Waals surface area contributed by atoms with Crippen molar-refractivity contribution < 1.29 is 23.9 Å². The van der Waals surface area contributed by atoms with E-state index in [2.05, 4.69) is 10.6 Å². The van der Waals surface area contributed by atoms with Crippen molar-refractivity contribution in [2.45, 2.75) is 12.8 Å². The quantitative estimate of drug-likeness (QED) is 0.709. The van der Waals surface area contributed by atoms with Crippen LogP contribution in [0.5, 0.6) is 5.75 Å². The molecule has 7 heteroatoms. The summed E-state index contributed by atoms with van der Waals surface area (Å²) in [6, 6.07) is 15.7. The van der Waals surface area contributed by atoms with E-state index in [1.165, 1.54) is 7.11 Å². The van der Waals surface area contributed by atoms with Gasteiger partial charge in [-0.2, -0.15) is 0 Å². The molecule has 0 saturated heterocycles. The van der Waals surface area contributed by atoms with E-state index in [0.29, 0.717) is 17.1 Å². The van der Waals surface area contributed by atoms with Crippen LogP contribution in [-0.2, 0) is 19.1 Å². The summed E-state index contributed by atoms with van der Waals surface area (Å²) in [6.07, 6.45) is -0.129. The van der Waals surface area contributed by atoms with Crippen LogP contribution in [0.2, 0.25) is 0 Å². The molecule has 0 unspecified atom stereocenters. The highest BCUT2D eigenvalue weighted by molar-refractivity contribution is 5.94. The Hall–Kier alpha value is -3.35. The van der Waals surface area contributed by atoms with Crippen LogP contribution in [0.25, 0.3) is 0 Å². The predicted octanol–water partition coefficient (Wildman–Crippen LogP) is 2.60. The van der Waals surface area contributed by atoms with Gasteiger partial charge in [0, 0.05) is 23.9 Å². The van der Waals surface area contributed by atoms with Gasteiger partial charge in [0.25, 0.3) is 5.91 Å². The molecule has 0 spiro atoms. The van der Waals surface area contributed by atoms with E-state index in [9.17, 15) is 14.4 Å². The second-order valence-corrected chi connectivity index (χ2v) is 5.36. The molecule has 2 amide bonds. The zero-order valence-electron chi connectivity index (χ0n) is 14.4. The van der Waals surface area contributed by atoms with E-state index in [4.69, 9.17) is 9.47 Å². The lowest BCUT2D eigenvalue weighted by Crippen LogP contribution is -2.21. The number of para-hydroxylation sites is 1. The van der Waals surface area contributed by atoms with Crippen LogP contribution in [0.3, 0.4) is 0 Å².